The summed E-state index contributed by atoms with van der Waals surface area (Å²) >= 11 is 5.88. The zero-order valence-electron chi connectivity index (χ0n) is 9.77. The predicted molar refractivity (Wildman–Crippen MR) is 75.6 cm³/mol. The number of para-hydroxylation sites is 1. The summed E-state index contributed by atoms with van der Waals surface area (Å²) in [4.78, 5) is 10.9. The second kappa shape index (κ2) is 4.46. The van der Waals surface area contributed by atoms with Gasteiger partial charge in [0.15, 0.2) is 0 Å². The molecule has 0 amide bonds. The van der Waals surface area contributed by atoms with E-state index >= 15 is 0 Å². The smallest absolute Gasteiger partial charge is 0.150 e. The molecule has 1 aromatic heterocycles. The van der Waals surface area contributed by atoms with Crippen molar-refractivity contribution in [3.8, 4) is 0 Å². The van der Waals surface area contributed by atoms with Crippen LogP contribution in [0.1, 0.15) is 10.4 Å². The van der Waals surface area contributed by atoms with Crippen molar-refractivity contribution < 1.29 is 4.79 Å². The van der Waals surface area contributed by atoms with Gasteiger partial charge in [0.05, 0.1) is 0 Å². The number of aromatic nitrogens is 1. The number of hydrogen-bond acceptors (Lipinski definition) is 1. The Morgan fingerprint density at radius 3 is 2.61 bits per heavy atom. The van der Waals surface area contributed by atoms with Gasteiger partial charge in [-0.05, 0) is 24.3 Å². The van der Waals surface area contributed by atoms with Gasteiger partial charge in [0, 0.05) is 39.8 Å². The van der Waals surface area contributed by atoms with Gasteiger partial charge in [0.1, 0.15) is 6.29 Å². The molecular formula is C15H12ClNO. The largest absolute Gasteiger partial charge is 0.339 e. The molecule has 18 heavy (non-hydrogen) atoms. The fourth-order valence-electron chi connectivity index (χ4n) is 2.47. The van der Waals surface area contributed by atoms with E-state index in [0.29, 0.717) is 11.4 Å². The normalized spacial score (nSPS) is 11.2. The summed E-state index contributed by atoms with van der Waals surface area (Å²) in [5, 5.41) is 2.28. The van der Waals surface area contributed by atoms with Crippen LogP contribution in [0.25, 0.3) is 21.8 Å². The maximum atomic E-state index is 10.9. The van der Waals surface area contributed by atoms with Crippen LogP contribution in [0.3, 0.4) is 0 Å². The molecule has 3 rings (SSSR count). The first-order chi connectivity index (χ1) is 8.85. The van der Waals surface area contributed by atoms with Crippen LogP contribution in [0.15, 0.2) is 42.5 Å². The predicted octanol–water partition coefficient (Wildman–Crippen LogP) is 3.85. The van der Waals surface area contributed by atoms with Crippen LogP contribution in [0.4, 0.5) is 0 Å². The number of alkyl halides is 1. The maximum absolute atomic E-state index is 10.9. The molecule has 1 heterocycles. The molecule has 2 nitrogen and oxygen atoms in total. The second-order valence-electron chi connectivity index (χ2n) is 4.25. The molecule has 90 valence electrons. The lowest BCUT2D eigenvalue weighted by Crippen LogP contribution is -1.98. The van der Waals surface area contributed by atoms with Crippen molar-refractivity contribution in [3.63, 3.8) is 0 Å². The molecule has 2 aromatic carbocycles. The van der Waals surface area contributed by atoms with Crippen molar-refractivity contribution in [1.82, 2.24) is 4.57 Å². The summed E-state index contributed by atoms with van der Waals surface area (Å²) in [6.07, 6.45) is 0.882. The third kappa shape index (κ3) is 1.61. The van der Waals surface area contributed by atoms with Crippen LogP contribution >= 0.6 is 11.6 Å². The Bertz CT molecular complexity index is 730. The lowest BCUT2D eigenvalue weighted by Gasteiger charge is -2.04. The van der Waals surface area contributed by atoms with E-state index in [1.807, 2.05) is 30.3 Å². The van der Waals surface area contributed by atoms with E-state index in [1.54, 1.807) is 0 Å². The molecule has 0 aliphatic carbocycles. The first-order valence-corrected chi connectivity index (χ1v) is 6.40. The van der Waals surface area contributed by atoms with E-state index in [4.69, 9.17) is 11.6 Å². The number of aldehydes is 1. The van der Waals surface area contributed by atoms with E-state index in [0.717, 1.165) is 29.3 Å². The first kappa shape index (κ1) is 11.3. The molecule has 0 saturated carbocycles. The Hall–Kier alpha value is -1.80. The third-order valence-corrected chi connectivity index (χ3v) is 3.41. The molecule has 3 aromatic rings. The zero-order valence-corrected chi connectivity index (χ0v) is 10.5. The number of aryl methyl sites for hydroxylation is 1. The Balaban J connectivity index is 2.45. The van der Waals surface area contributed by atoms with Gasteiger partial charge in [-0.3, -0.25) is 4.79 Å². The monoisotopic (exact) mass is 257 g/mol. The second-order valence-corrected chi connectivity index (χ2v) is 4.63. The third-order valence-electron chi connectivity index (χ3n) is 3.24. The number of carbonyl (C=O) groups excluding carboxylic acids is 1. The summed E-state index contributed by atoms with van der Waals surface area (Å²) in [5.74, 6) is 0.573. The van der Waals surface area contributed by atoms with Gasteiger partial charge in [-0.25, -0.2) is 0 Å². The lowest BCUT2D eigenvalue weighted by molar-refractivity contribution is 0.112. The minimum absolute atomic E-state index is 0.573. The molecule has 0 bridgehead atoms. The minimum atomic E-state index is 0.573. The fraction of sp³-hybridized carbons (Fsp3) is 0.133. The van der Waals surface area contributed by atoms with E-state index in [1.165, 1.54) is 5.39 Å². The summed E-state index contributed by atoms with van der Waals surface area (Å²) < 4.78 is 2.20. The van der Waals surface area contributed by atoms with Crippen molar-refractivity contribution in [3.05, 3.63) is 48.0 Å². The van der Waals surface area contributed by atoms with Gasteiger partial charge < -0.3 is 4.57 Å². The number of hydrogen-bond donors (Lipinski definition) is 0. The maximum Gasteiger partial charge on any atom is 0.150 e. The Morgan fingerprint density at radius 2 is 1.83 bits per heavy atom. The molecule has 0 N–H and O–H groups in total. The van der Waals surface area contributed by atoms with E-state index < -0.39 is 0 Å². The SMILES string of the molecule is O=Cc1ccc2c(c1)c1ccccc1n2CCCl. The van der Waals surface area contributed by atoms with E-state index in [9.17, 15) is 4.79 Å². The fourth-order valence-corrected chi connectivity index (χ4v) is 2.64. The summed E-state index contributed by atoms with van der Waals surface area (Å²) in [5.41, 5.74) is 3.00. The van der Waals surface area contributed by atoms with Crippen LogP contribution in [0.2, 0.25) is 0 Å². The van der Waals surface area contributed by atoms with Crippen molar-refractivity contribution in [2.75, 3.05) is 5.88 Å². The van der Waals surface area contributed by atoms with Crippen molar-refractivity contribution in [1.29, 1.82) is 0 Å². The Labute approximate surface area is 110 Å². The molecular weight excluding hydrogens is 246 g/mol. The molecule has 0 unspecified atom stereocenters. The van der Waals surface area contributed by atoms with Crippen LogP contribution in [-0.4, -0.2) is 16.7 Å². The standard InChI is InChI=1S/C15H12ClNO/c16-7-8-17-14-4-2-1-3-12(14)13-9-11(10-18)5-6-15(13)17/h1-6,9-10H,7-8H2. The van der Waals surface area contributed by atoms with Crippen LogP contribution in [-0.2, 0) is 6.54 Å². The molecule has 0 atom stereocenters. The first-order valence-electron chi connectivity index (χ1n) is 5.87. The van der Waals surface area contributed by atoms with Crippen molar-refractivity contribution >= 4 is 39.7 Å². The molecule has 0 spiro atoms. The molecule has 0 aliphatic heterocycles. The minimum Gasteiger partial charge on any atom is -0.339 e. The summed E-state index contributed by atoms with van der Waals surface area (Å²) in [6, 6.07) is 14.0. The highest BCUT2D eigenvalue weighted by Crippen LogP contribution is 2.29. The number of fused-ring (bicyclic) bond motifs is 3. The van der Waals surface area contributed by atoms with Crippen molar-refractivity contribution in [2.24, 2.45) is 0 Å². The Kier molecular flexibility index (Phi) is 2.80. The van der Waals surface area contributed by atoms with Gasteiger partial charge in [-0.15, -0.1) is 11.6 Å². The van der Waals surface area contributed by atoms with Gasteiger partial charge in [-0.2, -0.15) is 0 Å². The summed E-state index contributed by atoms with van der Waals surface area (Å²) in [7, 11) is 0. The highest BCUT2D eigenvalue weighted by atomic mass is 35.5. The van der Waals surface area contributed by atoms with E-state index in [-0.39, 0.29) is 0 Å². The molecule has 0 saturated heterocycles. The van der Waals surface area contributed by atoms with Gasteiger partial charge >= 0.3 is 0 Å². The molecule has 3 heteroatoms. The van der Waals surface area contributed by atoms with Gasteiger partial charge in [-0.1, -0.05) is 18.2 Å². The van der Waals surface area contributed by atoms with E-state index in [2.05, 4.69) is 16.7 Å². The molecule has 0 radical (unpaired) electrons. The van der Waals surface area contributed by atoms with Crippen molar-refractivity contribution in [2.45, 2.75) is 6.54 Å². The number of rotatable bonds is 3. The highest BCUT2D eigenvalue weighted by molar-refractivity contribution is 6.18. The van der Waals surface area contributed by atoms with Crippen LogP contribution < -0.4 is 0 Å². The Morgan fingerprint density at radius 1 is 1.06 bits per heavy atom. The molecule has 0 aliphatic rings. The molecule has 0 fully saturated rings. The van der Waals surface area contributed by atoms with Crippen LogP contribution in [0.5, 0.6) is 0 Å². The number of benzene rings is 2. The quantitative estimate of drug-likeness (QED) is 0.516. The van der Waals surface area contributed by atoms with Gasteiger partial charge in [0.25, 0.3) is 0 Å². The average molecular weight is 258 g/mol. The topological polar surface area (TPSA) is 22.0 Å². The number of halogens is 1. The van der Waals surface area contributed by atoms with Crippen LogP contribution in [0, 0.1) is 0 Å². The number of nitrogens with zero attached hydrogens (tertiary/aromatic N) is 1. The average Bonchev–Trinajstić information content (AvgIpc) is 2.74. The zero-order chi connectivity index (χ0) is 12.5. The van der Waals surface area contributed by atoms with Gasteiger partial charge in [0.2, 0.25) is 0 Å². The summed E-state index contributed by atoms with van der Waals surface area (Å²) in [6.45, 7) is 0.770. The number of carbonyl (C=O) groups is 1. The lowest BCUT2D eigenvalue weighted by atomic mass is 10.1. The highest BCUT2D eigenvalue weighted by Gasteiger charge is 2.09.